The number of alkyl halides is 4. The molecule has 1 heterocycles. The second-order valence-corrected chi connectivity index (χ2v) is 4.10. The van der Waals surface area contributed by atoms with Gasteiger partial charge in [0, 0.05) is 0 Å². The second-order valence-electron chi connectivity index (χ2n) is 3.71. The lowest BCUT2D eigenvalue weighted by molar-refractivity contribution is -0.137. The third-order valence-electron chi connectivity index (χ3n) is 2.45. The predicted octanol–water partition coefficient (Wildman–Crippen LogP) is 3.74. The first-order valence-corrected chi connectivity index (χ1v) is 5.27. The number of hydrogen-bond acceptors (Lipinski definition) is 1. The zero-order chi connectivity index (χ0) is 13.5. The molecule has 98 valence electrons. The van der Waals surface area contributed by atoms with Gasteiger partial charge in [0.05, 0.1) is 12.1 Å². The number of rotatable bonds is 3. The lowest BCUT2D eigenvalue weighted by atomic mass is 10.3. The number of nitrogens with zero attached hydrogens (tertiary/aromatic N) is 1. The van der Waals surface area contributed by atoms with Crippen molar-refractivity contribution in [1.82, 2.24) is 9.55 Å². The molecular weight excluding hydrogens is 275 g/mol. The Morgan fingerprint density at radius 1 is 1.33 bits per heavy atom. The van der Waals surface area contributed by atoms with Crippen LogP contribution in [0.3, 0.4) is 0 Å². The van der Waals surface area contributed by atoms with Crippen LogP contribution < -0.4 is 0 Å². The molecule has 2 rings (SSSR count). The summed E-state index contributed by atoms with van der Waals surface area (Å²) in [5.74, 6) is -4.91. The van der Waals surface area contributed by atoms with Gasteiger partial charge in [-0.1, -0.05) is 6.07 Å². The van der Waals surface area contributed by atoms with Crippen molar-refractivity contribution in [3.05, 3.63) is 28.8 Å². The highest BCUT2D eigenvalue weighted by Gasteiger charge is 2.41. The van der Waals surface area contributed by atoms with Gasteiger partial charge in [0.25, 0.3) is 0 Å². The summed E-state index contributed by atoms with van der Waals surface area (Å²) in [7, 11) is 0. The molecule has 0 radical (unpaired) electrons. The highest BCUT2D eigenvalue weighted by atomic mass is 32.1. The van der Waals surface area contributed by atoms with E-state index < -0.39 is 24.7 Å². The van der Waals surface area contributed by atoms with E-state index in [1.54, 1.807) is 0 Å². The van der Waals surface area contributed by atoms with E-state index in [9.17, 15) is 22.0 Å². The molecule has 0 aliphatic heterocycles. The van der Waals surface area contributed by atoms with E-state index in [0.29, 0.717) is 0 Å². The van der Waals surface area contributed by atoms with Gasteiger partial charge in [-0.15, -0.1) is 0 Å². The molecular formula is C10H7F5N2S. The molecule has 0 amide bonds. The minimum atomic E-state index is -4.22. The molecule has 0 saturated carbocycles. The molecule has 0 spiro atoms. The standard InChI is InChI=1S/C10H7F5N2S/c11-5-2-1-3-6-7(5)16-9(18)17(6)4-10(14,15)8(12)13/h1-3,8H,4H2,(H,16,18). The van der Waals surface area contributed by atoms with Gasteiger partial charge in [-0.3, -0.25) is 0 Å². The van der Waals surface area contributed by atoms with E-state index in [-0.39, 0.29) is 15.8 Å². The number of imidazole rings is 1. The van der Waals surface area contributed by atoms with Crippen LogP contribution in [0, 0.1) is 10.6 Å². The van der Waals surface area contributed by atoms with Crippen molar-refractivity contribution in [1.29, 1.82) is 0 Å². The lowest BCUT2D eigenvalue weighted by Gasteiger charge is -2.16. The van der Waals surface area contributed by atoms with E-state index in [0.717, 1.165) is 10.6 Å². The second kappa shape index (κ2) is 4.34. The summed E-state index contributed by atoms with van der Waals surface area (Å²) in [4.78, 5) is 2.38. The van der Waals surface area contributed by atoms with Crippen LogP contribution in [0.25, 0.3) is 11.0 Å². The molecule has 0 saturated heterocycles. The van der Waals surface area contributed by atoms with Crippen molar-refractivity contribution < 1.29 is 22.0 Å². The van der Waals surface area contributed by atoms with Crippen LogP contribution in [0.4, 0.5) is 22.0 Å². The molecule has 18 heavy (non-hydrogen) atoms. The fourth-order valence-corrected chi connectivity index (χ4v) is 1.85. The third kappa shape index (κ3) is 2.12. The average molecular weight is 282 g/mol. The van der Waals surface area contributed by atoms with E-state index in [1.165, 1.54) is 12.1 Å². The normalized spacial score (nSPS) is 12.6. The van der Waals surface area contributed by atoms with Gasteiger partial charge in [-0.2, -0.15) is 8.78 Å². The minimum Gasteiger partial charge on any atom is -0.328 e. The Morgan fingerprint density at radius 3 is 2.61 bits per heavy atom. The Morgan fingerprint density at radius 2 is 2.00 bits per heavy atom. The molecule has 1 N–H and O–H groups in total. The van der Waals surface area contributed by atoms with Crippen molar-refractivity contribution in [2.24, 2.45) is 0 Å². The molecule has 0 atom stereocenters. The van der Waals surface area contributed by atoms with Crippen molar-refractivity contribution in [3.8, 4) is 0 Å². The van der Waals surface area contributed by atoms with E-state index in [4.69, 9.17) is 12.2 Å². The molecule has 8 heteroatoms. The van der Waals surface area contributed by atoms with Crippen LogP contribution in [0.1, 0.15) is 0 Å². The first kappa shape index (κ1) is 13.0. The lowest BCUT2D eigenvalue weighted by Crippen LogP contribution is -2.32. The zero-order valence-electron chi connectivity index (χ0n) is 8.76. The van der Waals surface area contributed by atoms with Crippen LogP contribution in [0.15, 0.2) is 18.2 Å². The van der Waals surface area contributed by atoms with Gasteiger partial charge in [-0.05, 0) is 24.4 Å². The highest BCUT2D eigenvalue weighted by Crippen LogP contribution is 2.27. The molecule has 0 bridgehead atoms. The van der Waals surface area contributed by atoms with Crippen LogP contribution in [-0.2, 0) is 6.54 Å². The predicted molar refractivity (Wildman–Crippen MR) is 58.0 cm³/mol. The molecule has 0 aliphatic carbocycles. The van der Waals surface area contributed by atoms with Crippen molar-refractivity contribution in [3.63, 3.8) is 0 Å². The Hall–Kier alpha value is -1.44. The number of H-pyrrole nitrogens is 1. The van der Waals surface area contributed by atoms with E-state index in [2.05, 4.69) is 4.98 Å². The first-order valence-electron chi connectivity index (χ1n) is 4.86. The maximum absolute atomic E-state index is 13.3. The van der Waals surface area contributed by atoms with E-state index >= 15 is 0 Å². The maximum Gasteiger partial charge on any atom is 0.324 e. The zero-order valence-corrected chi connectivity index (χ0v) is 9.58. The summed E-state index contributed by atoms with van der Waals surface area (Å²) < 4.78 is 64.1. The number of aromatic nitrogens is 2. The van der Waals surface area contributed by atoms with Crippen molar-refractivity contribution in [2.45, 2.75) is 18.9 Å². The van der Waals surface area contributed by atoms with Gasteiger partial charge < -0.3 is 9.55 Å². The monoisotopic (exact) mass is 282 g/mol. The quantitative estimate of drug-likeness (QED) is 0.672. The Bertz CT molecular complexity index is 631. The fraction of sp³-hybridized carbons (Fsp3) is 0.300. The summed E-state index contributed by atoms with van der Waals surface area (Å²) in [5, 5.41) is 0. The first-order chi connectivity index (χ1) is 8.33. The Kier molecular flexibility index (Phi) is 3.14. The number of nitrogens with one attached hydrogen (secondary N) is 1. The minimum absolute atomic E-state index is 0.0281. The maximum atomic E-state index is 13.3. The van der Waals surface area contributed by atoms with Gasteiger partial charge in [-0.25, -0.2) is 13.2 Å². The Balaban J connectivity index is 2.56. The average Bonchev–Trinajstić information content (AvgIpc) is 2.57. The van der Waals surface area contributed by atoms with Crippen LogP contribution in [-0.4, -0.2) is 21.9 Å². The number of para-hydroxylation sites is 1. The van der Waals surface area contributed by atoms with Crippen LogP contribution in [0.5, 0.6) is 0 Å². The fourth-order valence-electron chi connectivity index (χ4n) is 1.58. The Labute approximate surface area is 103 Å². The number of halogens is 5. The van der Waals surface area contributed by atoms with E-state index in [1.807, 2.05) is 0 Å². The molecule has 0 unspecified atom stereocenters. The summed E-state index contributed by atoms with van der Waals surface area (Å²) >= 11 is 4.73. The molecule has 1 aromatic heterocycles. The number of fused-ring (bicyclic) bond motifs is 1. The molecule has 2 aromatic rings. The highest BCUT2D eigenvalue weighted by molar-refractivity contribution is 7.71. The summed E-state index contributed by atoms with van der Waals surface area (Å²) in [6.07, 6.45) is -3.81. The van der Waals surface area contributed by atoms with Crippen molar-refractivity contribution in [2.75, 3.05) is 0 Å². The third-order valence-corrected chi connectivity index (χ3v) is 2.77. The number of aromatic amines is 1. The summed E-state index contributed by atoms with van der Waals surface area (Å²) in [6, 6.07) is 3.73. The molecule has 1 aromatic carbocycles. The molecule has 0 fully saturated rings. The SMILES string of the molecule is Fc1cccc2c1[nH]c(=S)n2CC(F)(F)C(F)F. The number of benzene rings is 1. The topological polar surface area (TPSA) is 20.7 Å². The van der Waals surface area contributed by atoms with Gasteiger partial charge in [0.2, 0.25) is 0 Å². The largest absolute Gasteiger partial charge is 0.328 e. The van der Waals surface area contributed by atoms with Crippen LogP contribution >= 0.6 is 12.2 Å². The molecule has 0 aliphatic rings. The number of hydrogen-bond donors (Lipinski definition) is 1. The smallest absolute Gasteiger partial charge is 0.324 e. The van der Waals surface area contributed by atoms with Gasteiger partial charge >= 0.3 is 12.3 Å². The van der Waals surface area contributed by atoms with Gasteiger partial charge in [0.15, 0.2) is 4.77 Å². The van der Waals surface area contributed by atoms with Crippen molar-refractivity contribution >= 4 is 23.3 Å². The van der Waals surface area contributed by atoms with Gasteiger partial charge in [0.1, 0.15) is 11.3 Å². The summed E-state index contributed by atoms with van der Waals surface area (Å²) in [6.45, 7) is -1.30. The van der Waals surface area contributed by atoms with Crippen LogP contribution in [0.2, 0.25) is 0 Å². The summed E-state index contributed by atoms with van der Waals surface area (Å²) in [5.41, 5.74) is -0.0482. The molecule has 2 nitrogen and oxygen atoms in total.